The van der Waals surface area contributed by atoms with Gasteiger partial charge in [0.15, 0.2) is 0 Å². The van der Waals surface area contributed by atoms with Crippen LogP contribution >= 0.6 is 0 Å². The molecule has 28 heavy (non-hydrogen) atoms. The van der Waals surface area contributed by atoms with E-state index in [0.717, 1.165) is 35.5 Å². The van der Waals surface area contributed by atoms with Gasteiger partial charge in [0, 0.05) is 26.2 Å². The number of hydrogen-bond donors (Lipinski definition) is 0. The molecule has 0 spiro atoms. The van der Waals surface area contributed by atoms with Crippen LogP contribution in [0.3, 0.4) is 0 Å². The summed E-state index contributed by atoms with van der Waals surface area (Å²) in [6.45, 7) is 24.4. The van der Waals surface area contributed by atoms with Gasteiger partial charge in [-0.2, -0.15) is 0 Å². The van der Waals surface area contributed by atoms with Crippen LogP contribution in [0.15, 0.2) is 23.3 Å². The minimum Gasteiger partial charge on any atom is -0.286 e. The molecular formula is C26H46N2. The molecule has 7 atom stereocenters. The Kier molecular flexibility index (Phi) is 7.14. The quantitative estimate of drug-likeness (QED) is 0.530. The molecule has 0 aromatic rings. The minimum absolute atomic E-state index is 0.623. The molecule has 0 N–H and O–H groups in total. The Labute approximate surface area is 175 Å². The van der Waals surface area contributed by atoms with Crippen molar-refractivity contribution in [2.24, 2.45) is 41.4 Å². The van der Waals surface area contributed by atoms with Crippen molar-refractivity contribution < 1.29 is 0 Å². The lowest BCUT2D eigenvalue weighted by Gasteiger charge is -2.42. The number of hydrogen-bond acceptors (Lipinski definition) is 2. The van der Waals surface area contributed by atoms with Gasteiger partial charge in [-0.1, -0.05) is 64.8 Å². The van der Waals surface area contributed by atoms with Crippen LogP contribution in [-0.2, 0) is 0 Å². The average molecular weight is 387 g/mol. The highest BCUT2D eigenvalue weighted by Gasteiger charge is 2.40. The third-order valence-corrected chi connectivity index (χ3v) is 8.10. The highest BCUT2D eigenvalue weighted by Crippen LogP contribution is 2.38. The Balaban J connectivity index is 1.69. The highest BCUT2D eigenvalue weighted by molar-refractivity contribution is 5.10. The van der Waals surface area contributed by atoms with Crippen molar-refractivity contribution in [3.05, 3.63) is 23.3 Å². The molecule has 2 aliphatic carbocycles. The molecule has 160 valence electrons. The maximum Gasteiger partial charge on any atom is 0.0647 e. The lowest BCUT2D eigenvalue weighted by molar-refractivity contribution is 0.0439. The maximum absolute atomic E-state index is 2.84. The molecule has 0 aromatic heterocycles. The molecule has 1 heterocycles. The highest BCUT2D eigenvalue weighted by atomic mass is 15.4. The van der Waals surface area contributed by atoms with Crippen molar-refractivity contribution in [1.29, 1.82) is 0 Å². The van der Waals surface area contributed by atoms with Gasteiger partial charge in [-0.05, 0) is 68.1 Å². The first-order valence-electron chi connectivity index (χ1n) is 12.0. The van der Waals surface area contributed by atoms with E-state index in [1.54, 1.807) is 11.1 Å². The number of nitrogens with zero attached hydrogens (tertiary/aromatic N) is 2. The van der Waals surface area contributed by atoms with Gasteiger partial charge < -0.3 is 0 Å². The molecule has 2 heteroatoms. The Morgan fingerprint density at radius 1 is 0.786 bits per heavy atom. The smallest absolute Gasteiger partial charge is 0.0647 e. The molecule has 0 saturated carbocycles. The molecule has 0 radical (unpaired) electrons. The van der Waals surface area contributed by atoms with Gasteiger partial charge in [-0.3, -0.25) is 9.80 Å². The van der Waals surface area contributed by atoms with Crippen molar-refractivity contribution >= 4 is 0 Å². The summed E-state index contributed by atoms with van der Waals surface area (Å²) in [6, 6.07) is 0. The number of allylic oxidation sites excluding steroid dienone is 4. The lowest BCUT2D eigenvalue weighted by Crippen LogP contribution is -2.48. The third kappa shape index (κ3) is 4.75. The van der Waals surface area contributed by atoms with Crippen LogP contribution in [-0.4, -0.2) is 42.1 Å². The van der Waals surface area contributed by atoms with Crippen molar-refractivity contribution in [1.82, 2.24) is 9.80 Å². The van der Waals surface area contributed by atoms with Crippen LogP contribution in [0.4, 0.5) is 0 Å². The first-order chi connectivity index (χ1) is 13.2. The molecule has 3 aliphatic rings. The van der Waals surface area contributed by atoms with E-state index in [-0.39, 0.29) is 0 Å². The SMILES string of the molecule is CC1=C[C@@H](C)[C@H](CN2CCN(C[C@H]3[C@@H](C)C=C(C)C[C@@H]3C)C2C(C)C)[C@H](C)C1. The summed E-state index contributed by atoms with van der Waals surface area (Å²) in [5.41, 5.74) is 3.20. The first-order valence-corrected chi connectivity index (χ1v) is 12.0. The Morgan fingerprint density at radius 3 is 1.50 bits per heavy atom. The van der Waals surface area contributed by atoms with E-state index in [9.17, 15) is 0 Å². The van der Waals surface area contributed by atoms with E-state index in [2.05, 4.69) is 77.3 Å². The molecule has 1 unspecified atom stereocenters. The second-order valence-corrected chi connectivity index (χ2v) is 11.1. The fourth-order valence-electron chi connectivity index (χ4n) is 6.86. The van der Waals surface area contributed by atoms with Gasteiger partial charge in [-0.25, -0.2) is 0 Å². The normalized spacial score (nSPS) is 40.7. The predicted octanol–water partition coefficient (Wildman–Crippen LogP) is 6.06. The maximum atomic E-state index is 2.84. The fraction of sp³-hybridized carbons (Fsp3) is 0.846. The van der Waals surface area contributed by atoms with Crippen LogP contribution in [0.25, 0.3) is 0 Å². The van der Waals surface area contributed by atoms with E-state index >= 15 is 0 Å². The van der Waals surface area contributed by atoms with E-state index in [1.807, 2.05) is 0 Å². The van der Waals surface area contributed by atoms with E-state index in [0.29, 0.717) is 12.1 Å². The van der Waals surface area contributed by atoms with Crippen LogP contribution in [0.1, 0.15) is 68.2 Å². The molecule has 1 saturated heterocycles. The van der Waals surface area contributed by atoms with Crippen LogP contribution in [0.2, 0.25) is 0 Å². The third-order valence-electron chi connectivity index (χ3n) is 8.10. The second kappa shape index (κ2) is 9.04. The summed E-state index contributed by atoms with van der Waals surface area (Å²) < 4.78 is 0. The second-order valence-electron chi connectivity index (χ2n) is 11.1. The van der Waals surface area contributed by atoms with Gasteiger partial charge in [0.2, 0.25) is 0 Å². The zero-order valence-corrected chi connectivity index (χ0v) is 19.9. The minimum atomic E-state index is 0.623. The van der Waals surface area contributed by atoms with Crippen molar-refractivity contribution in [3.8, 4) is 0 Å². The lowest BCUT2D eigenvalue weighted by atomic mass is 9.74. The summed E-state index contributed by atoms with van der Waals surface area (Å²) >= 11 is 0. The average Bonchev–Trinajstić information content (AvgIpc) is 2.96. The molecule has 0 aromatic carbocycles. The largest absolute Gasteiger partial charge is 0.286 e. The standard InChI is InChI=1S/C26H46N2/c1-17(2)26-27(15-24-20(5)11-18(3)12-21(24)6)9-10-28(26)16-25-22(7)13-19(4)14-23(25)8/h11,13,17,20-26H,9-10,12,14-16H2,1-8H3/t20-,21-,22+,23+,24-,25-,26?/m0/s1. The van der Waals surface area contributed by atoms with Crippen molar-refractivity contribution in [2.75, 3.05) is 26.2 Å². The summed E-state index contributed by atoms with van der Waals surface area (Å²) in [6.07, 6.45) is 8.30. The summed E-state index contributed by atoms with van der Waals surface area (Å²) in [5, 5.41) is 0. The Morgan fingerprint density at radius 2 is 1.18 bits per heavy atom. The molecule has 1 aliphatic heterocycles. The molecule has 1 fully saturated rings. The molecule has 2 nitrogen and oxygen atoms in total. The van der Waals surface area contributed by atoms with Crippen molar-refractivity contribution in [3.63, 3.8) is 0 Å². The van der Waals surface area contributed by atoms with E-state index in [4.69, 9.17) is 0 Å². The molecule has 0 amide bonds. The van der Waals surface area contributed by atoms with E-state index < -0.39 is 0 Å². The monoisotopic (exact) mass is 386 g/mol. The summed E-state index contributed by atoms with van der Waals surface area (Å²) in [7, 11) is 0. The Hall–Kier alpha value is -0.600. The first kappa shape index (κ1) is 22.1. The van der Waals surface area contributed by atoms with Gasteiger partial charge in [0.05, 0.1) is 6.17 Å². The topological polar surface area (TPSA) is 6.48 Å². The van der Waals surface area contributed by atoms with Gasteiger partial charge in [0.1, 0.15) is 0 Å². The van der Waals surface area contributed by atoms with Crippen LogP contribution in [0.5, 0.6) is 0 Å². The molecule has 0 bridgehead atoms. The van der Waals surface area contributed by atoms with E-state index in [1.165, 1.54) is 39.0 Å². The van der Waals surface area contributed by atoms with Crippen LogP contribution in [0, 0.1) is 41.4 Å². The van der Waals surface area contributed by atoms with Crippen LogP contribution < -0.4 is 0 Å². The van der Waals surface area contributed by atoms with Gasteiger partial charge >= 0.3 is 0 Å². The fourth-order valence-corrected chi connectivity index (χ4v) is 6.86. The summed E-state index contributed by atoms with van der Waals surface area (Å²) in [4.78, 5) is 5.69. The molecule has 3 rings (SSSR count). The predicted molar refractivity (Wildman–Crippen MR) is 122 cm³/mol. The zero-order chi connectivity index (χ0) is 20.6. The van der Waals surface area contributed by atoms with Crippen molar-refractivity contribution in [2.45, 2.75) is 74.4 Å². The Bertz CT molecular complexity index is 541. The molecular weight excluding hydrogens is 340 g/mol. The zero-order valence-electron chi connectivity index (χ0n) is 19.9. The summed E-state index contributed by atoms with van der Waals surface area (Å²) in [5.74, 6) is 5.38. The number of rotatable bonds is 5. The van der Waals surface area contributed by atoms with Gasteiger partial charge in [0.25, 0.3) is 0 Å². The van der Waals surface area contributed by atoms with Gasteiger partial charge in [-0.15, -0.1) is 0 Å².